The monoisotopic (exact) mass is 401 g/mol. The van der Waals surface area contributed by atoms with Crippen molar-refractivity contribution in [2.24, 2.45) is 0 Å². The van der Waals surface area contributed by atoms with Gasteiger partial charge in [0.1, 0.15) is 10.6 Å². The van der Waals surface area contributed by atoms with Crippen LogP contribution in [0.25, 0.3) is 20.8 Å². The SMILES string of the molecule is CC1c2sc(N)c(-c3nc4ccccc4s3)c2CCN1C(=O)OC(C)(C)C. The number of carbonyl (C=O) groups excluding carboxylic acids is 1. The van der Waals surface area contributed by atoms with Gasteiger partial charge in [-0.1, -0.05) is 12.1 Å². The lowest BCUT2D eigenvalue weighted by atomic mass is 9.99. The molecule has 0 radical (unpaired) electrons. The number of ether oxygens (including phenoxy) is 1. The summed E-state index contributed by atoms with van der Waals surface area (Å²) in [6, 6.07) is 8.07. The summed E-state index contributed by atoms with van der Waals surface area (Å²) in [7, 11) is 0. The van der Waals surface area contributed by atoms with Crippen LogP contribution < -0.4 is 5.73 Å². The van der Waals surface area contributed by atoms with Crippen LogP contribution in [-0.4, -0.2) is 28.1 Å². The number of fused-ring (bicyclic) bond motifs is 2. The van der Waals surface area contributed by atoms with Gasteiger partial charge in [-0.25, -0.2) is 9.78 Å². The summed E-state index contributed by atoms with van der Waals surface area (Å²) in [5.41, 5.74) is 9.18. The molecule has 1 atom stereocenters. The van der Waals surface area contributed by atoms with Crippen molar-refractivity contribution in [2.75, 3.05) is 12.3 Å². The first kappa shape index (κ1) is 18.3. The highest BCUT2D eigenvalue weighted by atomic mass is 32.1. The number of amides is 1. The molecule has 0 fully saturated rings. The number of thiophene rings is 1. The molecule has 4 rings (SSSR count). The fourth-order valence-corrected chi connectivity index (χ4v) is 5.74. The summed E-state index contributed by atoms with van der Waals surface area (Å²) in [6.45, 7) is 8.33. The molecule has 7 heteroatoms. The molecular weight excluding hydrogens is 378 g/mol. The summed E-state index contributed by atoms with van der Waals surface area (Å²) in [5, 5.41) is 1.74. The first-order valence-corrected chi connectivity index (χ1v) is 10.6. The molecule has 0 saturated heterocycles. The van der Waals surface area contributed by atoms with Crippen LogP contribution in [-0.2, 0) is 11.2 Å². The first-order chi connectivity index (χ1) is 12.7. The Morgan fingerprint density at radius 1 is 1.30 bits per heavy atom. The van der Waals surface area contributed by atoms with Crippen LogP contribution in [0.4, 0.5) is 9.80 Å². The van der Waals surface area contributed by atoms with E-state index in [2.05, 4.69) is 6.07 Å². The van der Waals surface area contributed by atoms with Gasteiger partial charge in [0, 0.05) is 17.0 Å². The number of rotatable bonds is 1. The fourth-order valence-electron chi connectivity index (χ4n) is 3.44. The Morgan fingerprint density at radius 2 is 2.04 bits per heavy atom. The van der Waals surface area contributed by atoms with Crippen molar-refractivity contribution in [2.45, 2.75) is 45.8 Å². The zero-order chi connectivity index (χ0) is 19.3. The Hall–Kier alpha value is -2.12. The Labute approximate surface area is 166 Å². The van der Waals surface area contributed by atoms with Gasteiger partial charge >= 0.3 is 6.09 Å². The average molecular weight is 402 g/mol. The van der Waals surface area contributed by atoms with E-state index in [1.807, 2.05) is 45.9 Å². The summed E-state index contributed by atoms with van der Waals surface area (Å²) >= 11 is 3.23. The highest BCUT2D eigenvalue weighted by molar-refractivity contribution is 7.22. The van der Waals surface area contributed by atoms with Crippen LogP contribution in [0.2, 0.25) is 0 Å². The van der Waals surface area contributed by atoms with Gasteiger partial charge in [0.05, 0.1) is 21.3 Å². The number of anilines is 1. The highest BCUT2D eigenvalue weighted by Gasteiger charge is 2.35. The molecule has 2 N–H and O–H groups in total. The van der Waals surface area contributed by atoms with Crippen LogP contribution in [0.1, 0.15) is 44.2 Å². The van der Waals surface area contributed by atoms with E-state index in [1.54, 1.807) is 27.6 Å². The number of nitrogens with zero attached hydrogens (tertiary/aromatic N) is 2. The smallest absolute Gasteiger partial charge is 0.410 e. The van der Waals surface area contributed by atoms with E-state index < -0.39 is 5.60 Å². The predicted molar refractivity (Wildman–Crippen MR) is 112 cm³/mol. The molecule has 142 valence electrons. The van der Waals surface area contributed by atoms with Crippen molar-refractivity contribution in [3.05, 3.63) is 34.7 Å². The molecule has 0 saturated carbocycles. The summed E-state index contributed by atoms with van der Waals surface area (Å²) in [5.74, 6) is 0. The van der Waals surface area contributed by atoms with Gasteiger partial charge < -0.3 is 15.4 Å². The quantitative estimate of drug-likeness (QED) is 0.588. The molecule has 5 nitrogen and oxygen atoms in total. The zero-order valence-electron chi connectivity index (χ0n) is 15.9. The highest BCUT2D eigenvalue weighted by Crippen LogP contribution is 2.47. The molecular formula is C20H23N3O2S2. The van der Waals surface area contributed by atoms with Crippen molar-refractivity contribution in [1.82, 2.24) is 9.88 Å². The Morgan fingerprint density at radius 3 is 2.74 bits per heavy atom. The molecule has 1 unspecified atom stereocenters. The molecule has 3 aromatic rings. The number of hydrogen-bond acceptors (Lipinski definition) is 6. The zero-order valence-corrected chi connectivity index (χ0v) is 17.5. The van der Waals surface area contributed by atoms with Gasteiger partial charge in [0.25, 0.3) is 0 Å². The van der Waals surface area contributed by atoms with E-state index in [0.29, 0.717) is 6.54 Å². The topological polar surface area (TPSA) is 68.5 Å². The number of benzene rings is 1. The maximum Gasteiger partial charge on any atom is 0.410 e. The van der Waals surface area contributed by atoms with Crippen LogP contribution in [0.3, 0.4) is 0 Å². The minimum absolute atomic E-state index is 0.0565. The number of para-hydroxylation sites is 1. The van der Waals surface area contributed by atoms with Crippen LogP contribution in [0.15, 0.2) is 24.3 Å². The van der Waals surface area contributed by atoms with Crippen molar-refractivity contribution < 1.29 is 9.53 Å². The van der Waals surface area contributed by atoms with E-state index >= 15 is 0 Å². The van der Waals surface area contributed by atoms with Crippen molar-refractivity contribution in [3.8, 4) is 10.6 Å². The number of nitrogens with two attached hydrogens (primary N) is 1. The van der Waals surface area contributed by atoms with Gasteiger partial charge in [-0.3, -0.25) is 0 Å². The van der Waals surface area contributed by atoms with E-state index in [4.69, 9.17) is 15.5 Å². The minimum atomic E-state index is -0.502. The number of thiazole rings is 1. The largest absolute Gasteiger partial charge is 0.444 e. The van der Waals surface area contributed by atoms with Crippen LogP contribution in [0.5, 0.6) is 0 Å². The van der Waals surface area contributed by atoms with E-state index in [-0.39, 0.29) is 12.1 Å². The molecule has 0 aliphatic carbocycles. The van der Waals surface area contributed by atoms with E-state index in [0.717, 1.165) is 37.1 Å². The maximum atomic E-state index is 12.6. The summed E-state index contributed by atoms with van der Waals surface area (Å²) < 4.78 is 6.73. The lowest BCUT2D eigenvalue weighted by Gasteiger charge is -2.35. The summed E-state index contributed by atoms with van der Waals surface area (Å²) in [6.07, 6.45) is 0.492. The standard InChI is InChI=1S/C20H23N3O2S2/c1-11-16-12(9-10-23(11)19(24)25-20(2,3)4)15(17(21)27-16)18-22-13-7-5-6-8-14(13)26-18/h5-8,11H,9-10,21H2,1-4H3. The molecule has 1 aliphatic rings. The van der Waals surface area contributed by atoms with Gasteiger partial charge in [-0.05, 0) is 51.8 Å². The Kier molecular flexibility index (Phi) is 4.39. The third kappa shape index (κ3) is 3.30. The van der Waals surface area contributed by atoms with E-state index in [9.17, 15) is 4.79 Å². The summed E-state index contributed by atoms with van der Waals surface area (Å²) in [4.78, 5) is 20.3. The van der Waals surface area contributed by atoms with Gasteiger partial charge in [-0.15, -0.1) is 22.7 Å². The lowest BCUT2D eigenvalue weighted by molar-refractivity contribution is 0.0164. The number of hydrogen-bond donors (Lipinski definition) is 1. The van der Waals surface area contributed by atoms with Crippen molar-refractivity contribution in [3.63, 3.8) is 0 Å². The number of nitrogen functional groups attached to an aromatic ring is 1. The predicted octanol–water partition coefficient (Wildman–Crippen LogP) is 5.46. The number of aromatic nitrogens is 1. The molecule has 27 heavy (non-hydrogen) atoms. The van der Waals surface area contributed by atoms with Gasteiger partial charge in [-0.2, -0.15) is 0 Å². The molecule has 0 bridgehead atoms. The third-order valence-corrected chi connectivity index (χ3v) is 6.94. The lowest BCUT2D eigenvalue weighted by Crippen LogP contribution is -2.41. The fraction of sp³-hybridized carbons (Fsp3) is 0.400. The molecule has 0 spiro atoms. The second-order valence-electron chi connectivity index (χ2n) is 7.77. The number of carbonyl (C=O) groups is 1. The van der Waals surface area contributed by atoms with Gasteiger partial charge in [0.2, 0.25) is 0 Å². The molecule has 3 heterocycles. The van der Waals surface area contributed by atoms with Crippen LogP contribution in [0, 0.1) is 0 Å². The minimum Gasteiger partial charge on any atom is -0.444 e. The first-order valence-electron chi connectivity index (χ1n) is 9.01. The Balaban J connectivity index is 1.70. The second kappa shape index (κ2) is 6.49. The maximum absolute atomic E-state index is 12.6. The van der Waals surface area contributed by atoms with Crippen LogP contribution >= 0.6 is 22.7 Å². The molecule has 1 aromatic carbocycles. The molecule has 1 amide bonds. The Bertz CT molecular complexity index is 983. The molecule has 1 aliphatic heterocycles. The average Bonchev–Trinajstić information content (AvgIpc) is 3.13. The third-order valence-electron chi connectivity index (χ3n) is 4.65. The molecule has 2 aromatic heterocycles. The van der Waals surface area contributed by atoms with Crippen molar-refractivity contribution >= 4 is 44.0 Å². The van der Waals surface area contributed by atoms with Gasteiger partial charge in [0.15, 0.2) is 0 Å². The van der Waals surface area contributed by atoms with Crippen molar-refractivity contribution in [1.29, 1.82) is 0 Å². The normalized spacial score (nSPS) is 17.2. The second-order valence-corrected chi connectivity index (χ2v) is 9.88. The van der Waals surface area contributed by atoms with E-state index in [1.165, 1.54) is 5.56 Å².